The number of benzene rings is 2. The summed E-state index contributed by atoms with van der Waals surface area (Å²) in [6, 6.07) is 8.70. The third-order valence-corrected chi connectivity index (χ3v) is 4.15. The Morgan fingerprint density at radius 3 is 2.33 bits per heavy atom. The summed E-state index contributed by atoms with van der Waals surface area (Å²) in [6.07, 6.45) is 0.411. The smallest absolute Gasteiger partial charge is 0.336 e. The Labute approximate surface area is 140 Å². The Kier molecular flexibility index (Phi) is 5.24. The van der Waals surface area contributed by atoms with Gasteiger partial charge in [0.05, 0.1) is 11.1 Å². The molecule has 0 amide bonds. The van der Waals surface area contributed by atoms with E-state index in [0.29, 0.717) is 17.5 Å². The molecule has 126 valence electrons. The predicted molar refractivity (Wildman–Crippen MR) is 90.0 cm³/mol. The molecule has 2 N–H and O–H groups in total. The summed E-state index contributed by atoms with van der Waals surface area (Å²) in [5.41, 5.74) is 2.95. The van der Waals surface area contributed by atoms with Crippen LogP contribution in [0.15, 0.2) is 30.3 Å². The van der Waals surface area contributed by atoms with Gasteiger partial charge in [0.2, 0.25) is 0 Å². The number of hydrogen-bond acceptors (Lipinski definition) is 3. The Morgan fingerprint density at radius 1 is 1.04 bits per heavy atom. The molecular weight excluding hydrogens is 308 g/mol. The van der Waals surface area contributed by atoms with E-state index in [1.807, 2.05) is 32.0 Å². The zero-order valence-corrected chi connectivity index (χ0v) is 13.9. The van der Waals surface area contributed by atoms with Crippen molar-refractivity contribution >= 4 is 11.9 Å². The van der Waals surface area contributed by atoms with E-state index in [9.17, 15) is 19.8 Å². The van der Waals surface area contributed by atoms with Gasteiger partial charge in [0, 0.05) is 0 Å². The maximum absolute atomic E-state index is 11.5. The lowest BCUT2D eigenvalue weighted by Gasteiger charge is -2.16. The lowest BCUT2D eigenvalue weighted by Crippen LogP contribution is -2.14. The largest absolute Gasteiger partial charge is 0.489 e. The van der Waals surface area contributed by atoms with Gasteiger partial charge in [-0.25, -0.2) is 9.59 Å². The normalized spacial score (nSPS) is 10.5. The van der Waals surface area contributed by atoms with Crippen LogP contribution in [0.5, 0.6) is 5.75 Å². The van der Waals surface area contributed by atoms with Gasteiger partial charge in [-0.1, -0.05) is 25.1 Å². The molecule has 2 rings (SSSR count). The standard InChI is InChI=1S/C19H20O5/c1-4-14-13(8-9-15(18(20)21)17(14)19(22)23)10-24-16-7-5-6-11(2)12(16)3/h5-9H,4,10H2,1-3H3,(H,20,21)(H,22,23). The molecule has 5 nitrogen and oxygen atoms in total. The topological polar surface area (TPSA) is 83.8 Å². The second-order valence-corrected chi connectivity index (χ2v) is 5.58. The van der Waals surface area contributed by atoms with Gasteiger partial charge in [-0.15, -0.1) is 0 Å². The first-order valence-electron chi connectivity index (χ1n) is 7.67. The maximum Gasteiger partial charge on any atom is 0.336 e. The minimum absolute atomic E-state index is 0.160. The summed E-state index contributed by atoms with van der Waals surface area (Å²) in [5.74, 6) is -1.75. The Bertz CT molecular complexity index is 793. The van der Waals surface area contributed by atoms with Crippen molar-refractivity contribution in [3.63, 3.8) is 0 Å². The molecule has 0 aliphatic heterocycles. The van der Waals surface area contributed by atoms with Crippen LogP contribution < -0.4 is 4.74 Å². The Morgan fingerprint density at radius 2 is 1.75 bits per heavy atom. The second kappa shape index (κ2) is 7.17. The van der Waals surface area contributed by atoms with Crippen molar-refractivity contribution in [2.45, 2.75) is 33.8 Å². The van der Waals surface area contributed by atoms with Crippen LogP contribution in [0.25, 0.3) is 0 Å². The molecule has 0 bridgehead atoms. The molecule has 0 aliphatic carbocycles. The molecule has 24 heavy (non-hydrogen) atoms. The summed E-state index contributed by atoms with van der Waals surface area (Å²) in [6.45, 7) is 5.94. The summed E-state index contributed by atoms with van der Waals surface area (Å²) >= 11 is 0. The highest BCUT2D eigenvalue weighted by atomic mass is 16.5. The van der Waals surface area contributed by atoms with Crippen LogP contribution >= 0.6 is 0 Å². The number of carbonyl (C=O) groups is 2. The number of hydrogen-bond donors (Lipinski definition) is 2. The minimum atomic E-state index is -1.25. The number of aromatic carboxylic acids is 2. The first kappa shape index (κ1) is 17.5. The van der Waals surface area contributed by atoms with Crippen molar-refractivity contribution < 1.29 is 24.5 Å². The number of aryl methyl sites for hydroxylation is 1. The summed E-state index contributed by atoms with van der Waals surface area (Å²) in [4.78, 5) is 22.8. The van der Waals surface area contributed by atoms with E-state index in [4.69, 9.17) is 4.74 Å². The predicted octanol–water partition coefficient (Wildman–Crippen LogP) is 3.84. The lowest BCUT2D eigenvalue weighted by atomic mass is 9.94. The molecule has 0 fully saturated rings. The molecule has 0 saturated heterocycles. The van der Waals surface area contributed by atoms with Crippen molar-refractivity contribution in [3.05, 3.63) is 63.7 Å². The molecule has 0 aliphatic rings. The molecule has 0 spiro atoms. The highest BCUT2D eigenvalue weighted by molar-refractivity contribution is 6.03. The SMILES string of the molecule is CCc1c(COc2cccc(C)c2C)ccc(C(=O)O)c1C(=O)O. The highest BCUT2D eigenvalue weighted by Crippen LogP contribution is 2.25. The van der Waals surface area contributed by atoms with E-state index >= 15 is 0 Å². The molecule has 0 radical (unpaired) electrons. The minimum Gasteiger partial charge on any atom is -0.489 e. The maximum atomic E-state index is 11.5. The van der Waals surface area contributed by atoms with Gasteiger partial charge in [0.25, 0.3) is 0 Å². The van der Waals surface area contributed by atoms with Crippen molar-refractivity contribution in [3.8, 4) is 5.75 Å². The van der Waals surface area contributed by atoms with Gasteiger partial charge in [0.1, 0.15) is 12.4 Å². The van der Waals surface area contributed by atoms with E-state index in [-0.39, 0.29) is 17.7 Å². The number of carboxylic acids is 2. The Balaban J connectivity index is 2.40. The van der Waals surface area contributed by atoms with Crippen molar-refractivity contribution in [1.29, 1.82) is 0 Å². The fraction of sp³-hybridized carbons (Fsp3) is 0.263. The number of ether oxygens (including phenoxy) is 1. The van der Waals surface area contributed by atoms with Crippen LogP contribution in [0.2, 0.25) is 0 Å². The monoisotopic (exact) mass is 328 g/mol. The van der Waals surface area contributed by atoms with Crippen LogP contribution in [0, 0.1) is 13.8 Å². The van der Waals surface area contributed by atoms with Crippen LogP contribution in [0.4, 0.5) is 0 Å². The number of rotatable bonds is 6. The van der Waals surface area contributed by atoms with Crippen molar-refractivity contribution in [2.75, 3.05) is 0 Å². The van der Waals surface area contributed by atoms with Crippen LogP contribution in [0.3, 0.4) is 0 Å². The average molecular weight is 328 g/mol. The molecule has 5 heteroatoms. The molecule has 2 aromatic rings. The molecule has 0 atom stereocenters. The van der Waals surface area contributed by atoms with E-state index in [1.54, 1.807) is 13.0 Å². The fourth-order valence-electron chi connectivity index (χ4n) is 2.69. The van der Waals surface area contributed by atoms with Crippen LogP contribution in [-0.2, 0) is 13.0 Å². The van der Waals surface area contributed by atoms with Crippen molar-refractivity contribution in [2.24, 2.45) is 0 Å². The van der Waals surface area contributed by atoms with Gasteiger partial charge in [-0.3, -0.25) is 0 Å². The third-order valence-electron chi connectivity index (χ3n) is 4.15. The Hall–Kier alpha value is -2.82. The van der Waals surface area contributed by atoms with E-state index in [2.05, 4.69) is 0 Å². The van der Waals surface area contributed by atoms with Gasteiger partial charge >= 0.3 is 11.9 Å². The highest BCUT2D eigenvalue weighted by Gasteiger charge is 2.22. The van der Waals surface area contributed by atoms with E-state index < -0.39 is 11.9 Å². The molecule has 0 saturated carbocycles. The molecule has 0 unspecified atom stereocenters. The van der Waals surface area contributed by atoms with Crippen molar-refractivity contribution in [1.82, 2.24) is 0 Å². The number of carboxylic acid groups (broad SMARTS) is 2. The quantitative estimate of drug-likeness (QED) is 0.841. The first-order chi connectivity index (χ1) is 11.4. The zero-order chi connectivity index (χ0) is 17.9. The lowest BCUT2D eigenvalue weighted by molar-refractivity contribution is 0.0650. The van der Waals surface area contributed by atoms with Gasteiger partial charge in [-0.2, -0.15) is 0 Å². The first-order valence-corrected chi connectivity index (χ1v) is 7.67. The summed E-state index contributed by atoms with van der Waals surface area (Å²) in [7, 11) is 0. The van der Waals surface area contributed by atoms with Crippen LogP contribution in [0.1, 0.15) is 49.9 Å². The fourth-order valence-corrected chi connectivity index (χ4v) is 2.69. The molecular formula is C19H20O5. The molecule has 0 heterocycles. The third kappa shape index (κ3) is 3.40. The average Bonchev–Trinajstić information content (AvgIpc) is 2.54. The van der Waals surface area contributed by atoms with E-state index in [1.165, 1.54) is 6.07 Å². The van der Waals surface area contributed by atoms with Crippen LogP contribution in [-0.4, -0.2) is 22.2 Å². The molecule has 0 aromatic heterocycles. The second-order valence-electron chi connectivity index (χ2n) is 5.58. The summed E-state index contributed by atoms with van der Waals surface area (Å²) in [5, 5.41) is 18.6. The summed E-state index contributed by atoms with van der Waals surface area (Å²) < 4.78 is 5.84. The van der Waals surface area contributed by atoms with Gasteiger partial charge < -0.3 is 14.9 Å². The molecule has 2 aromatic carbocycles. The van der Waals surface area contributed by atoms with Gasteiger partial charge in [0.15, 0.2) is 0 Å². The van der Waals surface area contributed by atoms with Gasteiger partial charge in [-0.05, 0) is 54.7 Å². The zero-order valence-electron chi connectivity index (χ0n) is 13.9. The van der Waals surface area contributed by atoms with E-state index in [0.717, 1.165) is 16.9 Å².